The fourth-order valence-electron chi connectivity index (χ4n) is 3.02. The van der Waals surface area contributed by atoms with Gasteiger partial charge in [-0.25, -0.2) is 4.98 Å². The Morgan fingerprint density at radius 2 is 1.93 bits per heavy atom. The molecule has 1 aromatic carbocycles. The molecule has 0 saturated carbocycles. The van der Waals surface area contributed by atoms with Gasteiger partial charge in [-0.1, -0.05) is 0 Å². The van der Waals surface area contributed by atoms with Crippen molar-refractivity contribution in [1.82, 2.24) is 14.5 Å². The van der Waals surface area contributed by atoms with Gasteiger partial charge in [0.2, 0.25) is 5.91 Å². The van der Waals surface area contributed by atoms with Gasteiger partial charge in [-0.2, -0.15) is 13.2 Å². The maximum absolute atomic E-state index is 12.6. The number of rotatable bonds is 3. The highest BCUT2D eigenvalue weighted by atomic mass is 19.4. The largest absolute Gasteiger partial charge is 0.416 e. The van der Waals surface area contributed by atoms with E-state index < -0.39 is 11.7 Å². The van der Waals surface area contributed by atoms with Crippen LogP contribution in [-0.4, -0.2) is 33.4 Å². The number of aromatic nitrogens is 2. The average Bonchev–Trinajstić information content (AvgIpc) is 2.60. The summed E-state index contributed by atoms with van der Waals surface area (Å²) in [6.45, 7) is 2.70. The molecule has 1 N–H and O–H groups in total. The normalized spacial score (nSPS) is 14.7. The van der Waals surface area contributed by atoms with Crippen molar-refractivity contribution in [3.05, 3.63) is 57.3 Å². The molecule has 9 heteroatoms. The van der Waals surface area contributed by atoms with E-state index in [1.54, 1.807) is 14.0 Å². The molecule has 0 spiro atoms. The zero-order valence-corrected chi connectivity index (χ0v) is 14.9. The van der Waals surface area contributed by atoms with E-state index in [0.717, 1.165) is 17.8 Å². The molecule has 0 unspecified atom stereocenters. The second-order valence-corrected chi connectivity index (χ2v) is 6.53. The summed E-state index contributed by atoms with van der Waals surface area (Å²) in [7, 11) is 1.65. The molecule has 2 aromatic rings. The smallest absolute Gasteiger partial charge is 0.325 e. The van der Waals surface area contributed by atoms with Crippen molar-refractivity contribution in [1.29, 1.82) is 0 Å². The van der Waals surface area contributed by atoms with Crippen LogP contribution in [0, 0.1) is 6.92 Å². The summed E-state index contributed by atoms with van der Waals surface area (Å²) in [5.41, 5.74) is 0.738. The number of amides is 1. The number of anilines is 1. The number of benzene rings is 1. The highest BCUT2D eigenvalue weighted by Crippen LogP contribution is 2.29. The van der Waals surface area contributed by atoms with Crippen molar-refractivity contribution in [2.24, 2.45) is 7.05 Å². The Morgan fingerprint density at radius 1 is 1.26 bits per heavy atom. The minimum atomic E-state index is -4.41. The summed E-state index contributed by atoms with van der Waals surface area (Å²) in [6, 6.07) is 4.28. The molecule has 2 heterocycles. The molecule has 1 aliphatic rings. The topological polar surface area (TPSA) is 67.2 Å². The molecule has 0 atom stereocenters. The van der Waals surface area contributed by atoms with Crippen LogP contribution >= 0.6 is 0 Å². The van der Waals surface area contributed by atoms with E-state index in [1.807, 2.05) is 4.90 Å². The first-order valence-corrected chi connectivity index (χ1v) is 8.40. The fourth-order valence-corrected chi connectivity index (χ4v) is 3.02. The van der Waals surface area contributed by atoms with Crippen LogP contribution in [0.1, 0.15) is 22.6 Å². The molecule has 0 bridgehead atoms. The van der Waals surface area contributed by atoms with E-state index >= 15 is 0 Å². The van der Waals surface area contributed by atoms with Gasteiger partial charge in [-0.05, 0) is 31.2 Å². The van der Waals surface area contributed by atoms with Crippen LogP contribution in [0.25, 0.3) is 0 Å². The van der Waals surface area contributed by atoms with E-state index in [0.29, 0.717) is 36.6 Å². The summed E-state index contributed by atoms with van der Waals surface area (Å²) in [6.07, 6.45) is -3.85. The molecule has 1 amide bonds. The van der Waals surface area contributed by atoms with Gasteiger partial charge in [-0.3, -0.25) is 19.1 Å². The van der Waals surface area contributed by atoms with Gasteiger partial charge in [0.15, 0.2) is 0 Å². The van der Waals surface area contributed by atoms with Gasteiger partial charge < -0.3 is 5.32 Å². The van der Waals surface area contributed by atoms with Crippen molar-refractivity contribution in [3.8, 4) is 0 Å². The number of halogens is 3. The number of fused-ring (bicyclic) bond motifs is 1. The number of nitrogens with zero attached hydrogens (tertiary/aromatic N) is 3. The number of carbonyl (C=O) groups is 1. The molecule has 27 heavy (non-hydrogen) atoms. The number of hydrogen-bond acceptors (Lipinski definition) is 4. The number of aryl methyl sites for hydroxylation is 1. The lowest BCUT2D eigenvalue weighted by atomic mass is 10.1. The summed E-state index contributed by atoms with van der Waals surface area (Å²) in [4.78, 5) is 30.8. The Labute approximate surface area is 153 Å². The lowest BCUT2D eigenvalue weighted by Crippen LogP contribution is -2.41. The van der Waals surface area contributed by atoms with Crippen molar-refractivity contribution in [2.45, 2.75) is 26.1 Å². The number of alkyl halides is 3. The summed E-state index contributed by atoms with van der Waals surface area (Å²) in [5.74, 6) is 0.294. The van der Waals surface area contributed by atoms with Crippen LogP contribution in [0.4, 0.5) is 18.9 Å². The van der Waals surface area contributed by atoms with Crippen LogP contribution in [0.5, 0.6) is 0 Å². The van der Waals surface area contributed by atoms with Gasteiger partial charge in [0.1, 0.15) is 5.82 Å². The predicted molar refractivity (Wildman–Crippen MR) is 93.3 cm³/mol. The zero-order valence-electron chi connectivity index (χ0n) is 14.9. The molecule has 0 fully saturated rings. The van der Waals surface area contributed by atoms with Gasteiger partial charge in [0.25, 0.3) is 5.56 Å². The summed E-state index contributed by atoms with van der Waals surface area (Å²) < 4.78 is 39.2. The highest BCUT2D eigenvalue weighted by Gasteiger charge is 2.30. The van der Waals surface area contributed by atoms with Crippen molar-refractivity contribution in [3.63, 3.8) is 0 Å². The first-order chi connectivity index (χ1) is 12.6. The molecular weight excluding hydrogens is 361 g/mol. The van der Waals surface area contributed by atoms with E-state index in [2.05, 4.69) is 10.3 Å². The third kappa shape index (κ3) is 4.19. The van der Waals surface area contributed by atoms with Crippen LogP contribution < -0.4 is 10.9 Å². The average molecular weight is 380 g/mol. The predicted octanol–water partition coefficient (Wildman–Crippen LogP) is 2.10. The molecule has 1 aliphatic heterocycles. The van der Waals surface area contributed by atoms with Gasteiger partial charge in [-0.15, -0.1) is 0 Å². The van der Waals surface area contributed by atoms with E-state index in [-0.39, 0.29) is 18.0 Å². The quantitative estimate of drug-likeness (QED) is 0.886. The Balaban J connectivity index is 1.64. The minimum absolute atomic E-state index is 0.0392. The second-order valence-electron chi connectivity index (χ2n) is 6.53. The maximum Gasteiger partial charge on any atom is 0.416 e. The molecule has 1 aromatic heterocycles. The van der Waals surface area contributed by atoms with Crippen LogP contribution in [0.15, 0.2) is 29.1 Å². The van der Waals surface area contributed by atoms with Gasteiger partial charge >= 0.3 is 6.18 Å². The monoisotopic (exact) mass is 380 g/mol. The molecule has 0 radical (unpaired) electrons. The van der Waals surface area contributed by atoms with E-state index in [4.69, 9.17) is 0 Å². The lowest BCUT2D eigenvalue weighted by Gasteiger charge is -2.27. The standard InChI is InChI=1S/C18H19F3N4O2/c1-11-22-15-7-8-25(9-14(15)17(27)24(11)2)10-16(26)23-13-5-3-12(4-6-13)18(19,20)21/h3-6H,7-10H2,1-2H3,(H,23,26). The Morgan fingerprint density at radius 3 is 2.56 bits per heavy atom. The molecule has 0 aliphatic carbocycles. The van der Waals surface area contributed by atoms with Crippen LogP contribution in [0.2, 0.25) is 0 Å². The zero-order chi connectivity index (χ0) is 19.8. The third-order valence-electron chi connectivity index (χ3n) is 4.60. The van der Waals surface area contributed by atoms with Crippen LogP contribution in [-0.2, 0) is 31.0 Å². The first kappa shape index (κ1) is 19.1. The SMILES string of the molecule is Cc1nc2c(c(=O)n1C)CN(CC(=O)Nc1ccc(C(F)(F)F)cc1)CC2. The molecule has 3 rings (SSSR count). The van der Waals surface area contributed by atoms with E-state index in [1.165, 1.54) is 16.7 Å². The Kier molecular flexibility index (Phi) is 5.05. The lowest BCUT2D eigenvalue weighted by molar-refractivity contribution is -0.137. The number of hydrogen-bond donors (Lipinski definition) is 1. The van der Waals surface area contributed by atoms with Crippen molar-refractivity contribution < 1.29 is 18.0 Å². The third-order valence-corrected chi connectivity index (χ3v) is 4.60. The second kappa shape index (κ2) is 7.15. The summed E-state index contributed by atoms with van der Waals surface area (Å²) >= 11 is 0. The number of nitrogens with one attached hydrogen (secondary N) is 1. The molecule has 144 valence electrons. The molecule has 6 nitrogen and oxygen atoms in total. The van der Waals surface area contributed by atoms with Gasteiger partial charge in [0, 0.05) is 32.2 Å². The van der Waals surface area contributed by atoms with Crippen molar-refractivity contribution in [2.75, 3.05) is 18.4 Å². The van der Waals surface area contributed by atoms with Crippen molar-refractivity contribution >= 4 is 11.6 Å². The maximum atomic E-state index is 12.6. The summed E-state index contributed by atoms with van der Waals surface area (Å²) in [5, 5.41) is 2.58. The Bertz CT molecular complexity index is 920. The molecule has 0 saturated heterocycles. The highest BCUT2D eigenvalue weighted by molar-refractivity contribution is 5.92. The minimum Gasteiger partial charge on any atom is -0.325 e. The molecular formula is C18H19F3N4O2. The fraction of sp³-hybridized carbons (Fsp3) is 0.389. The number of carbonyl (C=O) groups excluding carboxylic acids is 1. The Hall–Kier alpha value is -2.68. The van der Waals surface area contributed by atoms with Crippen LogP contribution in [0.3, 0.4) is 0 Å². The van der Waals surface area contributed by atoms with Gasteiger partial charge in [0.05, 0.1) is 23.4 Å². The first-order valence-electron chi connectivity index (χ1n) is 8.40. The van der Waals surface area contributed by atoms with E-state index in [9.17, 15) is 22.8 Å².